The van der Waals surface area contributed by atoms with Crippen molar-refractivity contribution in [3.05, 3.63) is 17.2 Å². The molecule has 11 heavy (non-hydrogen) atoms. The number of hydrogen-bond donors (Lipinski definition) is 1. The zero-order valence-corrected chi connectivity index (χ0v) is 6.52. The maximum Gasteiger partial charge on any atom is 0.134 e. The Morgan fingerprint density at radius 2 is 2.36 bits per heavy atom. The van der Waals surface area contributed by atoms with E-state index in [1.165, 1.54) is 12.8 Å². The lowest BCUT2D eigenvalue weighted by Crippen LogP contribution is -1.80. The first kappa shape index (κ1) is 6.48. The van der Waals surface area contributed by atoms with Crippen molar-refractivity contribution in [2.75, 3.05) is 0 Å². The van der Waals surface area contributed by atoms with Crippen molar-refractivity contribution in [1.82, 2.24) is 9.97 Å². The summed E-state index contributed by atoms with van der Waals surface area (Å²) in [5.74, 6) is 4.30. The zero-order valence-electron chi connectivity index (χ0n) is 6.52. The van der Waals surface area contributed by atoms with Gasteiger partial charge in [0.1, 0.15) is 11.5 Å². The van der Waals surface area contributed by atoms with Crippen LogP contribution in [0.5, 0.6) is 0 Å². The SMILES string of the molecule is C#Cc1nc(C2CC2)[nH]c1C. The van der Waals surface area contributed by atoms with Crippen LogP contribution in [0.25, 0.3) is 0 Å². The fraction of sp³-hybridized carbons (Fsp3) is 0.444. The van der Waals surface area contributed by atoms with Crippen LogP contribution >= 0.6 is 0 Å². The van der Waals surface area contributed by atoms with Gasteiger partial charge in [0.15, 0.2) is 0 Å². The van der Waals surface area contributed by atoms with Crippen molar-refractivity contribution in [3.63, 3.8) is 0 Å². The number of aryl methyl sites for hydroxylation is 1. The highest BCUT2D eigenvalue weighted by atomic mass is 14.9. The standard InChI is InChI=1S/C9H10N2/c1-3-8-6(2)10-9(11-8)7-4-5-7/h1,7H,4-5H2,2H3,(H,10,11). The lowest BCUT2D eigenvalue weighted by molar-refractivity contribution is 0.967. The monoisotopic (exact) mass is 146 g/mol. The van der Waals surface area contributed by atoms with E-state index in [1.807, 2.05) is 6.92 Å². The first-order valence-corrected chi connectivity index (χ1v) is 3.84. The van der Waals surface area contributed by atoms with Crippen molar-refractivity contribution < 1.29 is 0 Å². The van der Waals surface area contributed by atoms with E-state index in [2.05, 4.69) is 15.9 Å². The van der Waals surface area contributed by atoms with Crippen LogP contribution in [0.4, 0.5) is 0 Å². The van der Waals surface area contributed by atoms with E-state index in [9.17, 15) is 0 Å². The molecule has 1 aromatic rings. The second-order valence-corrected chi connectivity index (χ2v) is 3.01. The molecule has 0 saturated heterocycles. The third-order valence-corrected chi connectivity index (χ3v) is 2.00. The second-order valence-electron chi connectivity index (χ2n) is 3.01. The van der Waals surface area contributed by atoms with E-state index >= 15 is 0 Å². The Morgan fingerprint density at radius 3 is 2.82 bits per heavy atom. The predicted octanol–water partition coefficient (Wildman–Crippen LogP) is 1.58. The number of aromatic nitrogens is 2. The first-order valence-electron chi connectivity index (χ1n) is 3.84. The smallest absolute Gasteiger partial charge is 0.134 e. The number of imidazole rings is 1. The lowest BCUT2D eigenvalue weighted by atomic mass is 10.4. The second kappa shape index (κ2) is 2.13. The van der Waals surface area contributed by atoms with E-state index in [4.69, 9.17) is 6.42 Å². The molecule has 1 aliphatic rings. The van der Waals surface area contributed by atoms with Gasteiger partial charge < -0.3 is 4.98 Å². The van der Waals surface area contributed by atoms with Crippen LogP contribution in [0, 0.1) is 19.3 Å². The van der Waals surface area contributed by atoms with Crippen LogP contribution in [-0.4, -0.2) is 9.97 Å². The Labute approximate surface area is 66.0 Å². The Bertz CT molecular complexity index is 313. The number of rotatable bonds is 1. The van der Waals surface area contributed by atoms with Gasteiger partial charge in [-0.05, 0) is 25.7 Å². The molecular weight excluding hydrogens is 136 g/mol. The highest BCUT2D eigenvalue weighted by Crippen LogP contribution is 2.38. The van der Waals surface area contributed by atoms with Crippen LogP contribution in [0.15, 0.2) is 0 Å². The fourth-order valence-corrected chi connectivity index (χ4v) is 1.17. The van der Waals surface area contributed by atoms with Gasteiger partial charge in [-0.2, -0.15) is 0 Å². The molecule has 56 valence electrons. The lowest BCUT2D eigenvalue weighted by Gasteiger charge is -1.84. The van der Waals surface area contributed by atoms with Gasteiger partial charge in [0, 0.05) is 11.6 Å². The van der Waals surface area contributed by atoms with Crippen molar-refractivity contribution in [3.8, 4) is 12.3 Å². The molecule has 0 bridgehead atoms. The third kappa shape index (κ3) is 1.03. The molecule has 0 atom stereocenters. The van der Waals surface area contributed by atoms with Crippen LogP contribution in [0.1, 0.15) is 36.0 Å². The van der Waals surface area contributed by atoms with Gasteiger partial charge in [-0.15, -0.1) is 6.42 Å². The number of aromatic amines is 1. The van der Waals surface area contributed by atoms with Crippen molar-refractivity contribution >= 4 is 0 Å². The normalized spacial score (nSPS) is 16.4. The topological polar surface area (TPSA) is 28.7 Å². The molecule has 2 rings (SSSR count). The summed E-state index contributed by atoms with van der Waals surface area (Å²) in [7, 11) is 0. The highest BCUT2D eigenvalue weighted by Gasteiger charge is 2.26. The number of terminal acetylenes is 1. The molecule has 0 radical (unpaired) electrons. The molecule has 2 heteroatoms. The van der Waals surface area contributed by atoms with Gasteiger partial charge in [0.05, 0.1) is 0 Å². The summed E-state index contributed by atoms with van der Waals surface area (Å²) in [6.45, 7) is 1.97. The maximum absolute atomic E-state index is 5.25. The van der Waals surface area contributed by atoms with Crippen LogP contribution < -0.4 is 0 Å². The highest BCUT2D eigenvalue weighted by molar-refractivity contribution is 5.31. The molecule has 1 N–H and O–H groups in total. The number of H-pyrrole nitrogens is 1. The Balaban J connectivity index is 2.38. The van der Waals surface area contributed by atoms with Crippen LogP contribution in [-0.2, 0) is 0 Å². The van der Waals surface area contributed by atoms with Gasteiger partial charge in [0.2, 0.25) is 0 Å². The molecule has 0 aromatic carbocycles. The molecule has 2 nitrogen and oxygen atoms in total. The van der Waals surface area contributed by atoms with Crippen molar-refractivity contribution in [1.29, 1.82) is 0 Å². The quantitative estimate of drug-likeness (QED) is 0.599. The van der Waals surface area contributed by atoms with Crippen molar-refractivity contribution in [2.45, 2.75) is 25.7 Å². The van der Waals surface area contributed by atoms with Gasteiger partial charge in [-0.3, -0.25) is 0 Å². The molecule has 1 heterocycles. The van der Waals surface area contributed by atoms with Crippen LogP contribution in [0.3, 0.4) is 0 Å². The van der Waals surface area contributed by atoms with E-state index in [-0.39, 0.29) is 0 Å². The molecule has 1 saturated carbocycles. The molecular formula is C9H10N2. The maximum atomic E-state index is 5.25. The Kier molecular flexibility index (Phi) is 1.25. The average Bonchev–Trinajstić information content (AvgIpc) is 2.76. The molecule has 1 aliphatic carbocycles. The molecule has 0 amide bonds. The predicted molar refractivity (Wildman–Crippen MR) is 43.2 cm³/mol. The third-order valence-electron chi connectivity index (χ3n) is 2.00. The van der Waals surface area contributed by atoms with E-state index in [0.29, 0.717) is 5.92 Å². The summed E-state index contributed by atoms with van der Waals surface area (Å²) >= 11 is 0. The van der Waals surface area contributed by atoms with E-state index in [0.717, 1.165) is 17.2 Å². The summed E-state index contributed by atoms with van der Waals surface area (Å²) in [6.07, 6.45) is 7.77. The molecule has 1 fully saturated rings. The van der Waals surface area contributed by atoms with Crippen molar-refractivity contribution in [2.24, 2.45) is 0 Å². The average molecular weight is 146 g/mol. The molecule has 0 aliphatic heterocycles. The number of nitrogens with zero attached hydrogens (tertiary/aromatic N) is 1. The summed E-state index contributed by atoms with van der Waals surface area (Å²) in [5.41, 5.74) is 1.79. The minimum atomic E-state index is 0.663. The van der Waals surface area contributed by atoms with Gasteiger partial charge in [0.25, 0.3) is 0 Å². The molecule has 1 aromatic heterocycles. The van der Waals surface area contributed by atoms with E-state index < -0.39 is 0 Å². The number of nitrogens with one attached hydrogen (secondary N) is 1. The molecule has 0 spiro atoms. The number of hydrogen-bond acceptors (Lipinski definition) is 1. The Morgan fingerprint density at radius 1 is 1.64 bits per heavy atom. The largest absolute Gasteiger partial charge is 0.345 e. The Hall–Kier alpha value is -1.23. The first-order chi connectivity index (χ1) is 5.31. The minimum Gasteiger partial charge on any atom is -0.345 e. The van der Waals surface area contributed by atoms with Gasteiger partial charge >= 0.3 is 0 Å². The van der Waals surface area contributed by atoms with Gasteiger partial charge in [-0.25, -0.2) is 4.98 Å². The van der Waals surface area contributed by atoms with Crippen LogP contribution in [0.2, 0.25) is 0 Å². The summed E-state index contributed by atoms with van der Waals surface area (Å²) in [4.78, 5) is 7.50. The summed E-state index contributed by atoms with van der Waals surface area (Å²) in [6, 6.07) is 0. The minimum absolute atomic E-state index is 0.663. The summed E-state index contributed by atoms with van der Waals surface area (Å²) < 4.78 is 0. The molecule has 0 unspecified atom stereocenters. The van der Waals surface area contributed by atoms with E-state index in [1.54, 1.807) is 0 Å². The zero-order chi connectivity index (χ0) is 7.84. The van der Waals surface area contributed by atoms with Gasteiger partial charge in [-0.1, -0.05) is 0 Å². The fourth-order valence-electron chi connectivity index (χ4n) is 1.17. The summed E-state index contributed by atoms with van der Waals surface area (Å²) in [5, 5.41) is 0.